The number of fused-ring (bicyclic) bond motifs is 4. The maximum atomic E-state index is 13.7. The molecule has 2 amide bonds. The highest BCUT2D eigenvalue weighted by atomic mass is 35.5. The summed E-state index contributed by atoms with van der Waals surface area (Å²) in [4.78, 5) is 51.9. The third-order valence-electron chi connectivity index (χ3n) is 14.2. The van der Waals surface area contributed by atoms with Gasteiger partial charge in [-0.05, 0) is 125 Å². The molecule has 1 saturated heterocycles. The zero-order chi connectivity index (χ0) is 55.0. The lowest BCUT2D eigenvalue weighted by atomic mass is 9.54. The number of halogens is 2. The summed E-state index contributed by atoms with van der Waals surface area (Å²) in [5, 5.41) is 58.6. The van der Waals surface area contributed by atoms with Gasteiger partial charge in [-0.25, -0.2) is 17.5 Å². The number of sulfonamides is 1. The maximum Gasteiger partial charge on any atom is 0.264 e. The number of hydrogen-bond acceptors (Lipinski definition) is 17. The second-order valence-corrected chi connectivity index (χ2v) is 21.3. The Morgan fingerprint density at radius 3 is 2.26 bits per heavy atom. The number of carbonyl (C=O) groups is 4. The van der Waals surface area contributed by atoms with Gasteiger partial charge in [0.2, 0.25) is 12.6 Å². The van der Waals surface area contributed by atoms with Crippen LogP contribution in [0.4, 0.5) is 10.1 Å². The number of phenolic OH excluding ortho intramolecular Hbond substituents is 1. The van der Waals surface area contributed by atoms with Crippen LogP contribution in [0.3, 0.4) is 0 Å². The summed E-state index contributed by atoms with van der Waals surface area (Å²) in [5.41, 5.74) is 6.28. The molecule has 11 N–H and O–H groups in total. The molecule has 0 aromatic heterocycles. The van der Waals surface area contributed by atoms with Crippen molar-refractivity contribution in [2.75, 3.05) is 46.3 Å². The molecule has 2 fully saturated rings. The number of nitrogens with zero attached hydrogens (tertiary/aromatic N) is 1. The average Bonchev–Trinajstić information content (AvgIpc) is 3.96. The number of Topliss-reactive ketones (excluding diaryl/α,β-unsaturated/α-hetero) is 2. The molecule has 5 aromatic carbocycles. The third-order valence-corrected chi connectivity index (χ3v) is 15.9. The van der Waals surface area contributed by atoms with Gasteiger partial charge in [0, 0.05) is 57.8 Å². The summed E-state index contributed by atoms with van der Waals surface area (Å²) in [7, 11) is -0.906. The van der Waals surface area contributed by atoms with Gasteiger partial charge in [-0.2, -0.15) is 0 Å². The van der Waals surface area contributed by atoms with E-state index < -0.39 is 90.9 Å². The predicted octanol–water partition coefficient (Wildman–Crippen LogP) is 5.00. The Morgan fingerprint density at radius 1 is 0.934 bits per heavy atom. The van der Waals surface area contributed by atoms with Crippen molar-refractivity contribution in [1.29, 1.82) is 0 Å². The molecule has 0 bridgehead atoms. The van der Waals surface area contributed by atoms with Crippen LogP contribution in [0, 0.1) is 23.6 Å². The minimum absolute atomic E-state index is 0.00835. The fourth-order valence-electron chi connectivity index (χ4n) is 10.5. The van der Waals surface area contributed by atoms with Gasteiger partial charge in [-0.3, -0.25) is 24.1 Å². The number of piperidine rings is 1. The van der Waals surface area contributed by atoms with Gasteiger partial charge >= 0.3 is 0 Å². The molecular weight excluding hydrogens is 1030 g/mol. The Labute approximate surface area is 441 Å². The number of hydrogen-bond donors (Lipinski definition) is 9. The molecule has 5 aromatic rings. The molecule has 7 atom stereocenters. The Hall–Kier alpha value is -7.53. The summed E-state index contributed by atoms with van der Waals surface area (Å²) in [6, 6.07) is 27.5. The number of phenols is 1. The van der Waals surface area contributed by atoms with Gasteiger partial charge in [-0.15, -0.1) is 0 Å². The maximum absolute atomic E-state index is 13.7. The number of anilines is 1. The number of amides is 2. The van der Waals surface area contributed by atoms with E-state index in [1.54, 1.807) is 18.2 Å². The van der Waals surface area contributed by atoms with Gasteiger partial charge in [0.25, 0.3) is 21.8 Å². The molecule has 2 heterocycles. The first-order valence-corrected chi connectivity index (χ1v) is 25.7. The SMILES string of the molecule is CN(C)[C@@H]1C(=O)C(C(N)=O)=C(O)[C@@]2(O)C(=O)C3=C(O)c4c(O)ccc(Cl)c4[C@@](C)(O)[C@H]3C[C@@H]12.Fc1ccc([C@@H]2CCNC[C@H]2COc2ccc3c(c2)OCO3)cc1.Nc1ccc(S(=O)(=O)NC(=O)c2ccccc2)cc1. The molecule has 76 heavy (non-hydrogen) atoms. The number of nitrogen functional groups attached to an aromatic ring is 1. The van der Waals surface area contributed by atoms with Crippen molar-refractivity contribution in [2.24, 2.45) is 23.5 Å². The van der Waals surface area contributed by atoms with E-state index in [9.17, 15) is 57.5 Å². The van der Waals surface area contributed by atoms with Crippen molar-refractivity contribution in [3.05, 3.63) is 159 Å². The zero-order valence-electron chi connectivity index (χ0n) is 41.2. The van der Waals surface area contributed by atoms with Gasteiger partial charge in [0.15, 0.2) is 22.9 Å². The smallest absolute Gasteiger partial charge is 0.264 e. The topological polar surface area (TPSA) is 311 Å². The van der Waals surface area contributed by atoms with E-state index in [1.807, 2.05) is 35.1 Å². The molecule has 5 aliphatic rings. The standard InChI is InChI=1S/C22H23ClN2O8.C19H20FNO3.C13H12N2O3S/c1-21(32)7-6-8-15(25(2)3)17(28)13(20(24)31)19(30)22(8,33)18(29)11(7)16(27)12-10(26)5-4-9(23)14(12)21;20-15-3-1-13(2-4-15)17-7-8-21-10-14(17)11-22-16-5-6-18-19(9-16)24-12-23-18;14-11-6-8-12(9-7-11)19(17,18)15-13(16)10-4-2-1-3-5-10/h4-5,7-8,15,26-27,30,32-33H,6H2,1-3H3,(H2,24,31);1-6,9,14,17,21H,7-8,10-12H2;1-9H,14H2,(H,15,16)/t7-,8-,15-,21-,22-;14-,17-;/m00./s1. The largest absolute Gasteiger partial charge is 0.508 e. The van der Waals surface area contributed by atoms with Gasteiger partial charge in [0.05, 0.1) is 28.7 Å². The molecule has 1 saturated carbocycles. The summed E-state index contributed by atoms with van der Waals surface area (Å²) in [6.45, 7) is 4.08. The van der Waals surface area contributed by atoms with Crippen LogP contribution in [0.1, 0.15) is 52.7 Å². The Morgan fingerprint density at radius 2 is 1.61 bits per heavy atom. The molecule has 2 aliphatic heterocycles. The number of benzene rings is 5. The van der Waals surface area contributed by atoms with E-state index in [0.717, 1.165) is 36.8 Å². The summed E-state index contributed by atoms with van der Waals surface area (Å²) < 4.78 is 55.8. The summed E-state index contributed by atoms with van der Waals surface area (Å²) in [5.74, 6) is -6.18. The normalized spacial score (nSPS) is 24.4. The van der Waals surface area contributed by atoms with Crippen LogP contribution < -0.4 is 35.7 Å². The molecule has 22 heteroatoms. The van der Waals surface area contributed by atoms with Gasteiger partial charge < -0.3 is 56.5 Å². The number of aliphatic hydroxyl groups is 4. The van der Waals surface area contributed by atoms with Crippen LogP contribution in [0.2, 0.25) is 5.02 Å². The second kappa shape index (κ2) is 21.6. The van der Waals surface area contributed by atoms with Crippen LogP contribution in [-0.4, -0.2) is 114 Å². The monoisotopic (exact) mass is 1080 g/mol. The van der Waals surface area contributed by atoms with E-state index in [4.69, 9.17) is 37.3 Å². The van der Waals surface area contributed by atoms with Crippen LogP contribution in [0.25, 0.3) is 5.76 Å². The highest BCUT2D eigenvalue weighted by molar-refractivity contribution is 7.90. The molecule has 10 rings (SSSR count). The van der Waals surface area contributed by atoms with Crippen molar-refractivity contribution in [2.45, 2.75) is 47.8 Å². The number of likely N-dealkylation sites (N-methyl/N-ethyl adjacent to an activating group) is 1. The van der Waals surface area contributed by atoms with Crippen molar-refractivity contribution in [3.63, 3.8) is 0 Å². The highest BCUT2D eigenvalue weighted by Crippen LogP contribution is 2.58. The average molecular weight is 1080 g/mol. The quantitative estimate of drug-likeness (QED) is 0.0693. The van der Waals surface area contributed by atoms with Crippen molar-refractivity contribution >= 4 is 56.5 Å². The van der Waals surface area contributed by atoms with Crippen LogP contribution >= 0.6 is 11.6 Å². The molecule has 3 aliphatic carbocycles. The van der Waals surface area contributed by atoms with E-state index in [2.05, 4.69) is 5.32 Å². The van der Waals surface area contributed by atoms with Crippen molar-refractivity contribution < 1.29 is 71.7 Å². The molecule has 400 valence electrons. The molecular formula is C54H55ClFN5O14S. The number of aliphatic hydroxyl groups excluding tert-OH is 2. The lowest BCUT2D eigenvalue weighted by Gasteiger charge is -2.53. The molecule has 19 nitrogen and oxygen atoms in total. The summed E-state index contributed by atoms with van der Waals surface area (Å²) in [6.07, 6.45) is 0.769. The van der Waals surface area contributed by atoms with Gasteiger partial charge in [-0.1, -0.05) is 41.9 Å². The number of primary amides is 1. The molecule has 0 radical (unpaired) electrons. The lowest BCUT2D eigenvalue weighted by molar-refractivity contribution is -0.159. The second-order valence-electron chi connectivity index (χ2n) is 19.2. The van der Waals surface area contributed by atoms with Gasteiger partial charge in [0.1, 0.15) is 34.4 Å². The minimum Gasteiger partial charge on any atom is -0.508 e. The first-order valence-electron chi connectivity index (χ1n) is 23.8. The fraction of sp³-hybridized carbons (Fsp3) is 0.296. The first-order chi connectivity index (χ1) is 36.0. The van der Waals surface area contributed by atoms with Crippen molar-refractivity contribution in [1.82, 2.24) is 14.9 Å². The third kappa shape index (κ3) is 10.4. The predicted molar refractivity (Wildman–Crippen MR) is 275 cm³/mol. The number of carbonyl (C=O) groups excluding carboxylic acids is 4. The number of aromatic hydroxyl groups is 1. The molecule has 0 spiro atoms. The first kappa shape index (κ1) is 54.7. The lowest BCUT2D eigenvalue weighted by Crippen LogP contribution is -2.67. The van der Waals surface area contributed by atoms with Crippen molar-refractivity contribution in [3.8, 4) is 23.0 Å². The highest BCUT2D eigenvalue weighted by Gasteiger charge is 2.66. The summed E-state index contributed by atoms with van der Waals surface area (Å²) >= 11 is 6.28. The number of nitrogens with two attached hydrogens (primary N) is 2. The Bertz CT molecular complexity index is 3270. The zero-order valence-corrected chi connectivity index (χ0v) is 42.8. The Kier molecular flexibility index (Phi) is 15.6. The van der Waals surface area contributed by atoms with E-state index in [1.165, 1.54) is 92.1 Å². The van der Waals surface area contributed by atoms with E-state index >= 15 is 0 Å². The van der Waals surface area contributed by atoms with Crippen LogP contribution in [0.15, 0.2) is 131 Å². The Balaban J connectivity index is 0.000000157. The number of ether oxygens (including phenoxy) is 3. The van der Waals surface area contributed by atoms with Crippen LogP contribution in [-0.2, 0) is 30.0 Å². The number of rotatable bonds is 9. The van der Waals surface area contributed by atoms with E-state index in [-0.39, 0.29) is 45.6 Å². The fourth-order valence-corrected chi connectivity index (χ4v) is 11.8. The van der Waals surface area contributed by atoms with Crippen LogP contribution in [0.5, 0.6) is 23.0 Å². The van der Waals surface area contributed by atoms with E-state index in [0.29, 0.717) is 24.1 Å². The molecule has 0 unspecified atom stereocenters. The minimum atomic E-state index is -3.88. The number of nitrogens with one attached hydrogen (secondary N) is 2. The number of ketones is 2.